The van der Waals surface area contributed by atoms with Gasteiger partial charge in [0.05, 0.1) is 18.1 Å². The maximum absolute atomic E-state index is 12.6. The third kappa shape index (κ3) is 3.30. The van der Waals surface area contributed by atoms with Crippen LogP contribution in [0, 0.1) is 0 Å². The van der Waals surface area contributed by atoms with Gasteiger partial charge in [-0.1, -0.05) is 29.8 Å². The van der Waals surface area contributed by atoms with Gasteiger partial charge in [-0.25, -0.2) is 4.79 Å². The molecule has 1 N–H and O–H groups in total. The largest absolute Gasteiger partial charge is 0.507 e. The van der Waals surface area contributed by atoms with Gasteiger partial charge in [0.25, 0.3) is 0 Å². The van der Waals surface area contributed by atoms with Crippen molar-refractivity contribution in [2.24, 2.45) is 0 Å². The van der Waals surface area contributed by atoms with Crippen LogP contribution in [-0.2, 0) is 4.79 Å². The van der Waals surface area contributed by atoms with E-state index in [4.69, 9.17) is 20.8 Å². The second-order valence-corrected chi connectivity index (χ2v) is 6.43. The zero-order valence-corrected chi connectivity index (χ0v) is 15.0. The number of fused-ring (bicyclic) bond motifs is 1. The molecule has 134 valence electrons. The number of Topliss-reactive ketones (excluding diaryl/α,β-unsaturated/α-hetero) is 1. The summed E-state index contributed by atoms with van der Waals surface area (Å²) in [5.41, 5.74) is 0.158. The van der Waals surface area contributed by atoms with Gasteiger partial charge in [0, 0.05) is 22.9 Å². The number of rotatable bonds is 5. The Kier molecular flexibility index (Phi) is 5.00. The van der Waals surface area contributed by atoms with E-state index in [9.17, 15) is 14.7 Å². The Labute approximate surface area is 154 Å². The molecule has 0 aliphatic heterocycles. The fourth-order valence-corrected chi connectivity index (χ4v) is 3.26. The van der Waals surface area contributed by atoms with Crippen LogP contribution in [0.5, 0.6) is 11.5 Å². The Balaban J connectivity index is 2.31. The van der Waals surface area contributed by atoms with Gasteiger partial charge in [-0.3, -0.25) is 4.79 Å². The highest BCUT2D eigenvalue weighted by atomic mass is 35.5. The minimum atomic E-state index is -0.705. The maximum Gasteiger partial charge on any atom is 0.343 e. The number of para-hydroxylation sites is 1. The van der Waals surface area contributed by atoms with Crippen molar-refractivity contribution in [1.29, 1.82) is 0 Å². The Morgan fingerprint density at radius 1 is 1.27 bits per heavy atom. The van der Waals surface area contributed by atoms with E-state index < -0.39 is 11.5 Å². The first kappa shape index (κ1) is 18.0. The molecule has 2 aromatic carbocycles. The van der Waals surface area contributed by atoms with Crippen LogP contribution in [0.3, 0.4) is 0 Å². The summed E-state index contributed by atoms with van der Waals surface area (Å²) in [6.07, 6.45) is 0.0186. The summed E-state index contributed by atoms with van der Waals surface area (Å²) < 4.78 is 10.7. The molecule has 0 radical (unpaired) electrons. The predicted octanol–water partition coefficient (Wildman–Crippen LogP) is 4.27. The number of carbonyl (C=O) groups is 1. The molecule has 3 aromatic rings. The number of ether oxygens (including phenoxy) is 1. The highest BCUT2D eigenvalue weighted by Gasteiger charge is 2.28. The Bertz CT molecular complexity index is 1040. The summed E-state index contributed by atoms with van der Waals surface area (Å²) in [6, 6.07) is 11.7. The van der Waals surface area contributed by atoms with Crippen LogP contribution < -0.4 is 10.4 Å². The molecule has 0 aliphatic rings. The monoisotopic (exact) mass is 372 g/mol. The lowest BCUT2D eigenvalue weighted by molar-refractivity contribution is -0.117. The number of benzene rings is 2. The molecule has 1 aromatic heterocycles. The number of carbonyl (C=O) groups excluding carboxylic acids is 1. The first-order valence-electron chi connectivity index (χ1n) is 8.00. The summed E-state index contributed by atoms with van der Waals surface area (Å²) >= 11 is 6.01. The molecule has 0 unspecified atom stereocenters. The van der Waals surface area contributed by atoms with Crippen LogP contribution in [0.25, 0.3) is 11.0 Å². The number of aromatic hydroxyl groups is 1. The van der Waals surface area contributed by atoms with Crippen LogP contribution in [-0.4, -0.2) is 18.0 Å². The molecule has 0 saturated carbocycles. The summed E-state index contributed by atoms with van der Waals surface area (Å²) in [4.78, 5) is 24.5. The summed E-state index contributed by atoms with van der Waals surface area (Å²) in [7, 11) is 1.51. The van der Waals surface area contributed by atoms with Gasteiger partial charge in [0.2, 0.25) is 0 Å². The number of ketones is 1. The van der Waals surface area contributed by atoms with Crippen molar-refractivity contribution < 1.29 is 19.1 Å². The second kappa shape index (κ2) is 7.22. The maximum atomic E-state index is 12.6. The van der Waals surface area contributed by atoms with Gasteiger partial charge in [0.15, 0.2) is 0 Å². The van der Waals surface area contributed by atoms with Crippen LogP contribution in [0.4, 0.5) is 0 Å². The van der Waals surface area contributed by atoms with Crippen LogP contribution in [0.1, 0.15) is 30.4 Å². The molecule has 0 bridgehead atoms. The molecule has 1 heterocycles. The highest BCUT2D eigenvalue weighted by Crippen LogP contribution is 2.39. The first-order chi connectivity index (χ1) is 12.4. The highest BCUT2D eigenvalue weighted by molar-refractivity contribution is 6.31. The van der Waals surface area contributed by atoms with E-state index in [1.165, 1.54) is 26.2 Å². The standard InChI is InChI=1S/C20H17ClO5/c1-11(22)9-14(13-5-3-4-6-16(13)25-2)18-19(23)15-10-12(21)7-8-17(15)26-20(18)24/h3-8,10,14,23H,9H2,1-2H3/t14-/m1/s1. The fraction of sp³-hybridized carbons (Fsp3) is 0.200. The van der Waals surface area contributed by atoms with Crippen molar-refractivity contribution in [3.8, 4) is 11.5 Å². The van der Waals surface area contributed by atoms with E-state index in [0.29, 0.717) is 21.7 Å². The van der Waals surface area contributed by atoms with Gasteiger partial charge < -0.3 is 14.3 Å². The van der Waals surface area contributed by atoms with Crippen molar-refractivity contribution in [2.45, 2.75) is 19.3 Å². The minimum absolute atomic E-state index is 0.0134. The number of hydrogen-bond acceptors (Lipinski definition) is 5. The van der Waals surface area contributed by atoms with Gasteiger partial charge in [-0.2, -0.15) is 0 Å². The summed E-state index contributed by atoms with van der Waals surface area (Å²) in [6.45, 7) is 1.43. The topological polar surface area (TPSA) is 76.7 Å². The lowest BCUT2D eigenvalue weighted by Crippen LogP contribution is -2.17. The van der Waals surface area contributed by atoms with Crippen molar-refractivity contribution in [2.75, 3.05) is 7.11 Å². The predicted molar refractivity (Wildman–Crippen MR) is 99.3 cm³/mol. The van der Waals surface area contributed by atoms with Gasteiger partial charge in [-0.05, 0) is 31.2 Å². The molecule has 0 saturated heterocycles. The molecular weight excluding hydrogens is 356 g/mol. The smallest absolute Gasteiger partial charge is 0.343 e. The molecule has 0 spiro atoms. The Hall–Kier alpha value is -2.79. The van der Waals surface area contributed by atoms with Crippen LogP contribution in [0.2, 0.25) is 5.02 Å². The third-order valence-electron chi connectivity index (χ3n) is 4.23. The molecule has 0 fully saturated rings. The average Bonchev–Trinajstić information content (AvgIpc) is 2.61. The fourth-order valence-electron chi connectivity index (χ4n) is 3.09. The molecule has 1 atom stereocenters. The third-order valence-corrected chi connectivity index (χ3v) is 4.46. The zero-order valence-electron chi connectivity index (χ0n) is 14.3. The minimum Gasteiger partial charge on any atom is -0.507 e. The van der Waals surface area contributed by atoms with Crippen molar-refractivity contribution in [3.63, 3.8) is 0 Å². The average molecular weight is 373 g/mol. The number of halogens is 1. The lowest BCUT2D eigenvalue weighted by Gasteiger charge is -2.19. The molecule has 5 nitrogen and oxygen atoms in total. The van der Waals surface area contributed by atoms with E-state index in [1.54, 1.807) is 30.3 Å². The zero-order chi connectivity index (χ0) is 18.8. The quantitative estimate of drug-likeness (QED) is 0.677. The van der Waals surface area contributed by atoms with Gasteiger partial charge in [0.1, 0.15) is 22.9 Å². The van der Waals surface area contributed by atoms with E-state index in [1.807, 2.05) is 0 Å². The van der Waals surface area contributed by atoms with Crippen molar-refractivity contribution in [1.82, 2.24) is 0 Å². The molecule has 3 rings (SSSR count). The van der Waals surface area contributed by atoms with Gasteiger partial charge >= 0.3 is 5.63 Å². The first-order valence-corrected chi connectivity index (χ1v) is 8.37. The molecule has 0 aliphatic carbocycles. The van der Waals surface area contributed by atoms with Crippen molar-refractivity contribution in [3.05, 3.63) is 69.0 Å². The van der Waals surface area contributed by atoms with Crippen LogP contribution in [0.15, 0.2) is 51.7 Å². The number of methoxy groups -OCH3 is 1. The van der Waals surface area contributed by atoms with E-state index in [-0.39, 0.29) is 29.1 Å². The lowest BCUT2D eigenvalue weighted by atomic mass is 9.86. The molecular formula is C20H17ClO5. The van der Waals surface area contributed by atoms with Gasteiger partial charge in [-0.15, -0.1) is 0 Å². The van der Waals surface area contributed by atoms with E-state index in [0.717, 1.165) is 0 Å². The Morgan fingerprint density at radius 3 is 2.69 bits per heavy atom. The van der Waals surface area contributed by atoms with E-state index in [2.05, 4.69) is 0 Å². The molecule has 0 amide bonds. The summed E-state index contributed by atoms with van der Waals surface area (Å²) in [5, 5.41) is 11.5. The normalized spacial score (nSPS) is 12.1. The molecule has 26 heavy (non-hydrogen) atoms. The van der Waals surface area contributed by atoms with E-state index >= 15 is 0 Å². The summed E-state index contributed by atoms with van der Waals surface area (Å²) in [5.74, 6) is -0.561. The molecule has 6 heteroatoms. The SMILES string of the molecule is COc1ccccc1[C@@H](CC(C)=O)c1c(O)c2cc(Cl)ccc2oc1=O. The Morgan fingerprint density at radius 2 is 2.00 bits per heavy atom. The second-order valence-electron chi connectivity index (χ2n) is 5.99. The van der Waals surface area contributed by atoms with Crippen molar-refractivity contribution >= 4 is 28.4 Å². The number of hydrogen-bond donors (Lipinski definition) is 1. The van der Waals surface area contributed by atoms with Crippen LogP contribution >= 0.6 is 11.6 Å².